The van der Waals surface area contributed by atoms with Crippen LogP contribution in [0.2, 0.25) is 5.02 Å². The quantitative estimate of drug-likeness (QED) is 0.782. The van der Waals surface area contributed by atoms with Crippen LogP contribution in [0.3, 0.4) is 0 Å². The van der Waals surface area contributed by atoms with E-state index in [1.165, 1.54) is 11.3 Å². The Labute approximate surface area is 160 Å². The number of aliphatic imine (C=N–C) groups is 1. The van der Waals surface area contributed by atoms with Crippen LogP contribution in [-0.4, -0.2) is 18.9 Å². The number of anilines is 1. The predicted molar refractivity (Wildman–Crippen MR) is 110 cm³/mol. The maximum Gasteiger partial charge on any atom is 0.108 e. The summed E-state index contributed by atoms with van der Waals surface area (Å²) in [5, 5.41) is 7.96. The van der Waals surface area contributed by atoms with Crippen molar-refractivity contribution in [1.29, 1.82) is 0 Å². The Morgan fingerprint density at radius 1 is 1.00 bits per heavy atom. The van der Waals surface area contributed by atoms with Crippen LogP contribution in [-0.2, 0) is 12.0 Å². The molecule has 0 bridgehead atoms. The fourth-order valence-electron chi connectivity index (χ4n) is 4.27. The van der Waals surface area contributed by atoms with E-state index in [1.807, 2.05) is 18.2 Å². The van der Waals surface area contributed by atoms with Gasteiger partial charge in [-0.2, -0.15) is 0 Å². The van der Waals surface area contributed by atoms with E-state index in [0.717, 1.165) is 48.8 Å². The van der Waals surface area contributed by atoms with Crippen LogP contribution in [0.4, 0.5) is 5.69 Å². The zero-order chi connectivity index (χ0) is 18.2. The maximum atomic E-state index is 6.49. The number of hydrogen-bond acceptors (Lipinski definition) is 2. The lowest BCUT2D eigenvalue weighted by atomic mass is 9.70. The highest BCUT2D eigenvalue weighted by molar-refractivity contribution is 6.31. The van der Waals surface area contributed by atoms with Gasteiger partial charge in [0, 0.05) is 16.1 Å². The first kappa shape index (κ1) is 17.6. The Bertz CT molecular complexity index is 835. The number of rotatable bonds is 2. The first-order valence-electron chi connectivity index (χ1n) is 9.41. The van der Waals surface area contributed by atoms with Crippen molar-refractivity contribution in [3.05, 3.63) is 64.7 Å². The molecule has 0 aliphatic carbocycles. The summed E-state index contributed by atoms with van der Waals surface area (Å²) in [4.78, 5) is 5.27. The lowest BCUT2D eigenvalue weighted by Crippen LogP contribution is -2.49. The normalized spacial score (nSPS) is 20.7. The second-order valence-corrected chi connectivity index (χ2v) is 8.40. The van der Waals surface area contributed by atoms with Gasteiger partial charge in [-0.05, 0) is 69.5 Å². The Hall–Kier alpha value is -1.84. The number of para-hydroxylation sites is 1. The minimum atomic E-state index is -0.384. The molecule has 3 nitrogen and oxygen atoms in total. The Kier molecular flexibility index (Phi) is 4.54. The van der Waals surface area contributed by atoms with Crippen LogP contribution in [0.25, 0.3) is 0 Å². The Morgan fingerprint density at radius 3 is 2.46 bits per heavy atom. The summed E-state index contributed by atoms with van der Waals surface area (Å²) in [7, 11) is 0. The van der Waals surface area contributed by atoms with Crippen molar-refractivity contribution in [3.8, 4) is 0 Å². The average molecular weight is 368 g/mol. The average Bonchev–Trinajstić information content (AvgIpc) is 2.63. The third-order valence-electron chi connectivity index (χ3n) is 5.79. The molecule has 2 aromatic rings. The van der Waals surface area contributed by atoms with Crippen molar-refractivity contribution in [1.82, 2.24) is 5.32 Å². The minimum absolute atomic E-state index is 0.0815. The van der Waals surface area contributed by atoms with Crippen LogP contribution in [0, 0.1) is 5.41 Å². The molecule has 2 aliphatic rings. The molecule has 0 saturated carbocycles. The number of benzene rings is 2. The van der Waals surface area contributed by atoms with E-state index >= 15 is 0 Å². The zero-order valence-corrected chi connectivity index (χ0v) is 16.2. The van der Waals surface area contributed by atoms with Crippen LogP contribution < -0.4 is 10.6 Å². The highest BCUT2D eigenvalue weighted by atomic mass is 35.5. The monoisotopic (exact) mass is 367 g/mol. The van der Waals surface area contributed by atoms with Gasteiger partial charge < -0.3 is 10.6 Å². The van der Waals surface area contributed by atoms with Gasteiger partial charge in [-0.15, -0.1) is 0 Å². The largest absolute Gasteiger partial charge is 0.343 e. The van der Waals surface area contributed by atoms with Gasteiger partial charge in [-0.25, -0.2) is 0 Å². The molecule has 136 valence electrons. The van der Waals surface area contributed by atoms with Crippen molar-refractivity contribution < 1.29 is 0 Å². The van der Waals surface area contributed by atoms with Crippen molar-refractivity contribution in [3.63, 3.8) is 0 Å². The van der Waals surface area contributed by atoms with E-state index in [-0.39, 0.29) is 11.0 Å². The highest BCUT2D eigenvalue weighted by Gasteiger charge is 2.42. The van der Waals surface area contributed by atoms with Crippen LogP contribution in [0.5, 0.6) is 0 Å². The molecular formula is C22H26ClN3. The van der Waals surface area contributed by atoms with Gasteiger partial charge in [-0.3, -0.25) is 4.99 Å². The first-order valence-corrected chi connectivity index (χ1v) is 9.79. The molecule has 4 rings (SSSR count). The summed E-state index contributed by atoms with van der Waals surface area (Å²) in [5.41, 5.74) is 3.34. The molecule has 0 amide bonds. The molecule has 2 aliphatic heterocycles. The fourth-order valence-corrected chi connectivity index (χ4v) is 4.63. The van der Waals surface area contributed by atoms with E-state index in [1.54, 1.807) is 0 Å². The van der Waals surface area contributed by atoms with Gasteiger partial charge in [0.2, 0.25) is 0 Å². The standard InChI is InChI=1S/C22H26ClN3/c1-21(2,17-8-4-5-9-18(17)23)26-20-22(11-13-24-14-12-22)15-16-7-3-6-10-19(16)25-20/h3-10,24H,11-15H2,1-2H3,(H,25,26). The second kappa shape index (κ2) is 6.71. The molecular weight excluding hydrogens is 342 g/mol. The molecule has 1 fully saturated rings. The molecule has 0 unspecified atom stereocenters. The molecule has 1 spiro atoms. The Morgan fingerprint density at radius 2 is 1.69 bits per heavy atom. The number of nitrogens with zero attached hydrogens (tertiary/aromatic N) is 1. The van der Waals surface area contributed by atoms with E-state index < -0.39 is 0 Å². The third-order valence-corrected chi connectivity index (χ3v) is 6.12. The number of piperidine rings is 1. The summed E-state index contributed by atoms with van der Waals surface area (Å²) in [6.07, 6.45) is 3.26. The number of amidine groups is 1. The van der Waals surface area contributed by atoms with Gasteiger partial charge in [0.05, 0.1) is 5.54 Å². The lowest BCUT2D eigenvalue weighted by molar-refractivity contribution is 0.290. The summed E-state index contributed by atoms with van der Waals surface area (Å²) in [6.45, 7) is 6.38. The van der Waals surface area contributed by atoms with Crippen LogP contribution in [0.15, 0.2) is 53.5 Å². The third kappa shape index (κ3) is 3.15. The summed E-state index contributed by atoms with van der Waals surface area (Å²) in [6, 6.07) is 16.6. The molecule has 4 heteroatoms. The molecule has 2 N–H and O–H groups in total. The number of fused-ring (bicyclic) bond motifs is 1. The number of hydrogen-bond donors (Lipinski definition) is 2. The molecule has 0 atom stereocenters. The summed E-state index contributed by atoms with van der Waals surface area (Å²) in [5.74, 6) is 1.11. The smallest absolute Gasteiger partial charge is 0.108 e. The van der Waals surface area contributed by atoms with E-state index in [4.69, 9.17) is 16.6 Å². The molecule has 0 aromatic heterocycles. The Balaban J connectivity index is 1.79. The maximum absolute atomic E-state index is 6.49. The molecule has 0 radical (unpaired) electrons. The van der Waals surface area contributed by atoms with Crippen molar-refractivity contribution in [2.75, 3.05) is 18.4 Å². The van der Waals surface area contributed by atoms with Crippen LogP contribution >= 0.6 is 11.6 Å². The number of halogens is 1. The van der Waals surface area contributed by atoms with E-state index in [0.29, 0.717) is 0 Å². The van der Waals surface area contributed by atoms with Crippen LogP contribution in [0.1, 0.15) is 37.8 Å². The fraction of sp³-hybridized carbons (Fsp3) is 0.409. The number of nitrogens with one attached hydrogen (secondary N) is 2. The van der Waals surface area contributed by atoms with Crippen molar-refractivity contribution in [2.45, 2.75) is 38.6 Å². The zero-order valence-electron chi connectivity index (χ0n) is 15.5. The van der Waals surface area contributed by atoms with E-state index in [2.05, 4.69) is 54.8 Å². The van der Waals surface area contributed by atoms with Gasteiger partial charge >= 0.3 is 0 Å². The highest BCUT2D eigenvalue weighted by Crippen LogP contribution is 2.42. The van der Waals surface area contributed by atoms with Gasteiger partial charge in [0.25, 0.3) is 0 Å². The summed E-state index contributed by atoms with van der Waals surface area (Å²) < 4.78 is 0. The van der Waals surface area contributed by atoms with Gasteiger partial charge in [0.15, 0.2) is 0 Å². The van der Waals surface area contributed by atoms with E-state index in [9.17, 15) is 0 Å². The SMILES string of the molecule is CC(C)(N=C1Nc2ccccc2CC12CCNCC2)c1ccccc1Cl. The molecule has 2 aromatic carbocycles. The first-order chi connectivity index (χ1) is 12.5. The molecule has 2 heterocycles. The molecule has 1 saturated heterocycles. The van der Waals surface area contributed by atoms with Gasteiger partial charge in [-0.1, -0.05) is 48.0 Å². The molecule has 26 heavy (non-hydrogen) atoms. The predicted octanol–water partition coefficient (Wildman–Crippen LogP) is 5.01. The second-order valence-electron chi connectivity index (χ2n) is 7.99. The van der Waals surface area contributed by atoms with Crippen molar-refractivity contribution in [2.24, 2.45) is 10.4 Å². The minimum Gasteiger partial charge on any atom is -0.343 e. The lowest BCUT2D eigenvalue weighted by Gasteiger charge is -2.44. The van der Waals surface area contributed by atoms with Gasteiger partial charge in [0.1, 0.15) is 5.84 Å². The van der Waals surface area contributed by atoms with Crippen molar-refractivity contribution >= 4 is 23.1 Å². The topological polar surface area (TPSA) is 36.4 Å². The summed E-state index contributed by atoms with van der Waals surface area (Å²) >= 11 is 6.49.